The van der Waals surface area contributed by atoms with Gasteiger partial charge in [-0.05, 0) is 24.5 Å². The highest BCUT2D eigenvalue weighted by atomic mass is 16.6. The molecule has 6 rings (SSSR count). The van der Waals surface area contributed by atoms with E-state index in [2.05, 4.69) is 0 Å². The second-order valence-corrected chi connectivity index (χ2v) is 7.80. The highest BCUT2D eigenvalue weighted by Crippen LogP contribution is 2.65. The zero-order chi connectivity index (χ0) is 17.8. The van der Waals surface area contributed by atoms with E-state index in [4.69, 9.17) is 18.9 Å². The van der Waals surface area contributed by atoms with Gasteiger partial charge in [0.15, 0.2) is 17.3 Å². The molecule has 0 aromatic heterocycles. The van der Waals surface area contributed by atoms with Crippen molar-refractivity contribution < 1.29 is 28.5 Å². The number of epoxide rings is 1. The molecule has 7 nitrogen and oxygen atoms in total. The Morgan fingerprint density at radius 1 is 1.35 bits per heavy atom. The number of piperidine rings is 1. The fourth-order valence-electron chi connectivity index (χ4n) is 6.05. The van der Waals surface area contributed by atoms with Crippen molar-refractivity contribution in [3.8, 4) is 11.5 Å². The van der Waals surface area contributed by atoms with E-state index in [-0.39, 0.29) is 36.0 Å². The molecule has 2 saturated heterocycles. The number of ketones is 1. The Balaban J connectivity index is 1.60. The second-order valence-electron chi connectivity index (χ2n) is 7.80. The van der Waals surface area contributed by atoms with Crippen molar-refractivity contribution in [3.05, 3.63) is 23.3 Å². The van der Waals surface area contributed by atoms with Gasteiger partial charge in [-0.1, -0.05) is 6.07 Å². The highest BCUT2D eigenvalue weighted by molar-refractivity contribution is 5.94. The molecular formula is C19H19NO6. The van der Waals surface area contributed by atoms with Gasteiger partial charge in [0.25, 0.3) is 0 Å². The lowest BCUT2D eigenvalue weighted by Crippen LogP contribution is -2.69. The van der Waals surface area contributed by atoms with E-state index in [9.17, 15) is 9.59 Å². The van der Waals surface area contributed by atoms with Gasteiger partial charge in [-0.25, -0.2) is 4.79 Å². The van der Waals surface area contributed by atoms with Crippen molar-refractivity contribution in [1.82, 2.24) is 4.90 Å². The highest BCUT2D eigenvalue weighted by Gasteiger charge is 2.76. The van der Waals surface area contributed by atoms with Crippen LogP contribution in [0.4, 0.5) is 4.79 Å². The summed E-state index contributed by atoms with van der Waals surface area (Å²) in [6, 6.07) is 3.74. The first-order valence-electron chi connectivity index (χ1n) is 9.02. The molecule has 1 aromatic carbocycles. The van der Waals surface area contributed by atoms with Crippen LogP contribution < -0.4 is 9.47 Å². The molecule has 1 aromatic rings. The van der Waals surface area contributed by atoms with Gasteiger partial charge >= 0.3 is 6.09 Å². The number of carbonyl (C=O) groups excluding carboxylic acids is 2. The van der Waals surface area contributed by atoms with Crippen LogP contribution in [-0.4, -0.2) is 61.9 Å². The maximum Gasteiger partial charge on any atom is 0.409 e. The van der Waals surface area contributed by atoms with Gasteiger partial charge in [-0.2, -0.15) is 0 Å². The molecule has 2 aliphatic carbocycles. The van der Waals surface area contributed by atoms with E-state index in [1.807, 2.05) is 12.1 Å². The second kappa shape index (κ2) is 4.52. The van der Waals surface area contributed by atoms with Crippen molar-refractivity contribution in [2.24, 2.45) is 5.92 Å². The number of amides is 1. The van der Waals surface area contributed by atoms with E-state index >= 15 is 0 Å². The lowest BCUT2D eigenvalue weighted by Gasteiger charge is -2.55. The topological polar surface area (TPSA) is 77.6 Å². The van der Waals surface area contributed by atoms with Crippen molar-refractivity contribution in [2.75, 3.05) is 20.8 Å². The van der Waals surface area contributed by atoms with Gasteiger partial charge < -0.3 is 23.8 Å². The fraction of sp³-hybridized carbons (Fsp3) is 0.579. The lowest BCUT2D eigenvalue weighted by molar-refractivity contribution is -0.136. The SMILES string of the molecule is COC(=O)N1CC[C@]23c4c5ccc(OC)c4O[C@H]2[C@@H]2O[C@@H]2C(=O)[C@H]3[C@@H]1C5. The number of rotatable bonds is 1. The van der Waals surface area contributed by atoms with Crippen molar-refractivity contribution in [3.63, 3.8) is 0 Å². The first-order valence-corrected chi connectivity index (χ1v) is 9.02. The molecule has 3 fully saturated rings. The number of hydrogen-bond acceptors (Lipinski definition) is 6. The van der Waals surface area contributed by atoms with E-state index in [0.29, 0.717) is 25.1 Å². The van der Waals surface area contributed by atoms with Gasteiger partial charge in [-0.15, -0.1) is 0 Å². The number of nitrogens with zero attached hydrogens (tertiary/aromatic N) is 1. The largest absolute Gasteiger partial charge is 0.493 e. The monoisotopic (exact) mass is 357 g/mol. The summed E-state index contributed by atoms with van der Waals surface area (Å²) in [4.78, 5) is 27.3. The van der Waals surface area contributed by atoms with E-state index in [0.717, 1.165) is 16.9 Å². The molecule has 2 bridgehead atoms. The van der Waals surface area contributed by atoms with Crippen molar-refractivity contribution >= 4 is 11.9 Å². The van der Waals surface area contributed by atoms with Crippen LogP contribution >= 0.6 is 0 Å². The maximum atomic E-state index is 13.2. The summed E-state index contributed by atoms with van der Waals surface area (Å²) in [5.74, 6) is 1.25. The summed E-state index contributed by atoms with van der Waals surface area (Å²) in [5.41, 5.74) is 1.81. The van der Waals surface area contributed by atoms with E-state index in [1.165, 1.54) is 7.11 Å². The number of ether oxygens (including phenoxy) is 4. The summed E-state index contributed by atoms with van der Waals surface area (Å²) in [5, 5.41) is 0. The molecule has 1 amide bonds. The molecule has 5 aliphatic rings. The van der Waals surface area contributed by atoms with Gasteiger partial charge in [0.1, 0.15) is 18.3 Å². The summed E-state index contributed by atoms with van der Waals surface area (Å²) in [6.07, 6.45) is 0.131. The summed E-state index contributed by atoms with van der Waals surface area (Å²) in [7, 11) is 3.02. The number of likely N-dealkylation sites (tertiary alicyclic amines) is 1. The number of hydrogen-bond donors (Lipinski definition) is 0. The fourth-order valence-corrected chi connectivity index (χ4v) is 6.05. The first kappa shape index (κ1) is 14.8. The summed E-state index contributed by atoms with van der Waals surface area (Å²) >= 11 is 0. The number of fused-ring (bicyclic) bond motifs is 2. The molecule has 1 spiro atoms. The average molecular weight is 357 g/mol. The average Bonchev–Trinajstić information content (AvgIpc) is 3.38. The third kappa shape index (κ3) is 1.43. The predicted molar refractivity (Wildman–Crippen MR) is 87.5 cm³/mol. The van der Waals surface area contributed by atoms with E-state index in [1.54, 1.807) is 12.0 Å². The van der Waals surface area contributed by atoms with Crippen molar-refractivity contribution in [2.45, 2.75) is 42.6 Å². The van der Waals surface area contributed by atoms with Gasteiger partial charge in [0.05, 0.1) is 25.6 Å². The van der Waals surface area contributed by atoms with Gasteiger partial charge in [0, 0.05) is 18.2 Å². The summed E-state index contributed by atoms with van der Waals surface area (Å²) < 4.78 is 22.6. The first-order chi connectivity index (χ1) is 12.6. The number of Topliss-reactive ketones (excluding diaryl/α,β-unsaturated/α-hetero) is 1. The third-order valence-electron chi connectivity index (χ3n) is 7.00. The minimum absolute atomic E-state index is 0.106. The molecule has 0 unspecified atom stereocenters. The quantitative estimate of drug-likeness (QED) is 0.700. The molecule has 6 atom stereocenters. The Morgan fingerprint density at radius 2 is 2.19 bits per heavy atom. The minimum Gasteiger partial charge on any atom is -0.493 e. The maximum absolute atomic E-state index is 13.2. The molecule has 3 heterocycles. The Hall–Kier alpha value is -2.28. The molecular weight excluding hydrogens is 338 g/mol. The van der Waals surface area contributed by atoms with Crippen LogP contribution in [0.25, 0.3) is 0 Å². The van der Waals surface area contributed by atoms with Gasteiger partial charge in [0.2, 0.25) is 0 Å². The number of methoxy groups -OCH3 is 2. The van der Waals surface area contributed by atoms with E-state index < -0.39 is 11.5 Å². The Bertz CT molecular complexity index is 868. The smallest absolute Gasteiger partial charge is 0.409 e. The molecule has 0 N–H and O–H groups in total. The lowest BCUT2D eigenvalue weighted by atomic mass is 9.51. The van der Waals surface area contributed by atoms with Crippen LogP contribution in [0.1, 0.15) is 17.5 Å². The zero-order valence-corrected chi connectivity index (χ0v) is 14.6. The number of carbonyl (C=O) groups is 2. The van der Waals surface area contributed by atoms with Crippen LogP contribution in [0.3, 0.4) is 0 Å². The zero-order valence-electron chi connectivity index (χ0n) is 14.6. The Kier molecular flexibility index (Phi) is 2.58. The molecule has 136 valence electrons. The standard InChI is InChI=1S/C19H19NO6/c1-23-10-4-3-8-7-9-12-13(21)15-16(25-15)17-19(12,11(8)14(10)26-17)5-6-20(9)18(22)24-2/h3-4,9,12,15-17H,5-7H2,1-2H3/t9-,12+,15+,16+,17-,19+/m0/s1. The molecule has 26 heavy (non-hydrogen) atoms. The Labute approximate surface area is 150 Å². The Morgan fingerprint density at radius 3 is 2.96 bits per heavy atom. The normalized spacial score (nSPS) is 40.3. The molecule has 1 saturated carbocycles. The van der Waals surface area contributed by atoms with Crippen LogP contribution in [-0.2, 0) is 26.1 Å². The van der Waals surface area contributed by atoms with Gasteiger partial charge in [-0.3, -0.25) is 4.79 Å². The number of benzene rings is 1. The molecule has 7 heteroatoms. The molecule has 3 aliphatic heterocycles. The predicted octanol–water partition coefficient (Wildman–Crippen LogP) is 1.06. The van der Waals surface area contributed by atoms with Crippen LogP contribution in [0.5, 0.6) is 11.5 Å². The van der Waals surface area contributed by atoms with Crippen LogP contribution in [0.15, 0.2) is 12.1 Å². The summed E-state index contributed by atoms with van der Waals surface area (Å²) in [6.45, 7) is 0.550. The minimum atomic E-state index is -0.429. The van der Waals surface area contributed by atoms with Crippen LogP contribution in [0, 0.1) is 5.92 Å². The van der Waals surface area contributed by atoms with Crippen LogP contribution in [0.2, 0.25) is 0 Å². The molecule has 0 radical (unpaired) electrons. The van der Waals surface area contributed by atoms with Crippen molar-refractivity contribution in [1.29, 1.82) is 0 Å². The third-order valence-corrected chi connectivity index (χ3v) is 7.00.